The Bertz CT molecular complexity index is 1100. The number of piperidine rings is 1. The SMILES string of the molecule is CCn1c(=O)ccc2c(N3CC[C@H]4CCC[C@@H]4C3)cc(-c3ccc(F)cc3)cc21. The summed E-state index contributed by atoms with van der Waals surface area (Å²) in [4.78, 5) is 15.0. The van der Waals surface area contributed by atoms with Gasteiger partial charge in [0, 0.05) is 36.8 Å². The van der Waals surface area contributed by atoms with Crippen LogP contribution in [0.1, 0.15) is 32.6 Å². The van der Waals surface area contributed by atoms with Gasteiger partial charge in [-0.3, -0.25) is 4.79 Å². The third-order valence-electron chi connectivity index (χ3n) is 6.96. The van der Waals surface area contributed by atoms with Gasteiger partial charge in [0.25, 0.3) is 5.56 Å². The van der Waals surface area contributed by atoms with E-state index in [-0.39, 0.29) is 11.4 Å². The summed E-state index contributed by atoms with van der Waals surface area (Å²) in [5.41, 5.74) is 4.20. The van der Waals surface area contributed by atoms with Crippen LogP contribution >= 0.6 is 0 Å². The van der Waals surface area contributed by atoms with Gasteiger partial charge in [0.1, 0.15) is 5.82 Å². The Hall–Kier alpha value is -2.62. The molecule has 2 fully saturated rings. The number of anilines is 1. The molecule has 0 bridgehead atoms. The first-order valence-electron chi connectivity index (χ1n) is 10.8. The molecule has 150 valence electrons. The maximum absolute atomic E-state index is 13.5. The van der Waals surface area contributed by atoms with Crippen LogP contribution in [0.3, 0.4) is 0 Å². The maximum atomic E-state index is 13.5. The van der Waals surface area contributed by atoms with Crippen molar-refractivity contribution in [2.45, 2.75) is 39.2 Å². The number of rotatable bonds is 3. The first kappa shape index (κ1) is 18.4. The van der Waals surface area contributed by atoms with Crippen LogP contribution in [0.4, 0.5) is 10.1 Å². The molecule has 5 rings (SSSR count). The molecule has 1 aliphatic carbocycles. The van der Waals surface area contributed by atoms with E-state index < -0.39 is 0 Å². The van der Waals surface area contributed by atoms with Crippen LogP contribution in [0.25, 0.3) is 22.0 Å². The van der Waals surface area contributed by atoms with Crippen molar-refractivity contribution in [1.82, 2.24) is 4.57 Å². The number of pyridine rings is 1. The molecule has 0 spiro atoms. The highest BCUT2D eigenvalue weighted by Gasteiger charge is 2.33. The molecule has 0 radical (unpaired) electrons. The quantitative estimate of drug-likeness (QED) is 0.594. The minimum atomic E-state index is -0.233. The predicted octanol–water partition coefficient (Wildman–Crippen LogP) is 5.45. The summed E-state index contributed by atoms with van der Waals surface area (Å²) in [7, 11) is 0. The maximum Gasteiger partial charge on any atom is 0.251 e. The molecule has 0 N–H and O–H groups in total. The van der Waals surface area contributed by atoms with E-state index in [1.165, 1.54) is 43.5 Å². The summed E-state index contributed by atoms with van der Waals surface area (Å²) < 4.78 is 15.3. The lowest BCUT2D eigenvalue weighted by Crippen LogP contribution is -2.38. The van der Waals surface area contributed by atoms with Gasteiger partial charge in [0.2, 0.25) is 0 Å². The number of hydrogen-bond acceptors (Lipinski definition) is 2. The minimum absolute atomic E-state index is 0.0247. The average molecular weight is 391 g/mol. The normalized spacial score (nSPS) is 21.5. The number of halogens is 1. The average Bonchev–Trinajstić information content (AvgIpc) is 3.21. The van der Waals surface area contributed by atoms with Gasteiger partial charge in [-0.25, -0.2) is 4.39 Å². The van der Waals surface area contributed by atoms with Crippen LogP contribution < -0.4 is 10.5 Å². The number of aryl methyl sites for hydroxylation is 1. The van der Waals surface area contributed by atoms with Gasteiger partial charge in [-0.05, 0) is 73.1 Å². The fourth-order valence-electron chi connectivity index (χ4n) is 5.43. The van der Waals surface area contributed by atoms with Gasteiger partial charge in [0.15, 0.2) is 0 Å². The van der Waals surface area contributed by atoms with E-state index in [4.69, 9.17) is 0 Å². The molecular weight excluding hydrogens is 363 g/mol. The summed E-state index contributed by atoms with van der Waals surface area (Å²) >= 11 is 0. The zero-order chi connectivity index (χ0) is 20.0. The standard InChI is InChI=1S/C25H27FN2O/c1-2-28-24-15-20(18-6-8-21(26)9-7-18)14-23(22(24)10-11-25(28)29)27-13-12-17-4-3-5-19(17)16-27/h6-11,14-15,17,19H,2-5,12-13,16H2,1H3/t17-,19-/m1/s1. The topological polar surface area (TPSA) is 25.2 Å². The number of hydrogen-bond donors (Lipinski definition) is 0. The zero-order valence-corrected chi connectivity index (χ0v) is 16.9. The molecular formula is C25H27FN2O. The monoisotopic (exact) mass is 390 g/mol. The number of nitrogens with zero attached hydrogens (tertiary/aromatic N) is 2. The second kappa shape index (κ2) is 7.33. The third kappa shape index (κ3) is 3.25. The molecule has 2 aromatic carbocycles. The lowest BCUT2D eigenvalue weighted by Gasteiger charge is -2.37. The highest BCUT2D eigenvalue weighted by molar-refractivity contribution is 5.96. The van der Waals surface area contributed by atoms with Crippen molar-refractivity contribution < 1.29 is 4.39 Å². The van der Waals surface area contributed by atoms with Crippen molar-refractivity contribution in [2.75, 3.05) is 18.0 Å². The van der Waals surface area contributed by atoms with Crippen molar-refractivity contribution in [2.24, 2.45) is 11.8 Å². The van der Waals surface area contributed by atoms with Crippen molar-refractivity contribution in [3.05, 3.63) is 64.7 Å². The Kier molecular flexibility index (Phi) is 4.65. The van der Waals surface area contributed by atoms with Crippen LogP contribution in [-0.2, 0) is 6.54 Å². The second-order valence-corrected chi connectivity index (χ2v) is 8.54. The first-order valence-corrected chi connectivity index (χ1v) is 10.8. The van der Waals surface area contributed by atoms with Gasteiger partial charge in [0.05, 0.1) is 5.52 Å². The Morgan fingerprint density at radius 2 is 1.76 bits per heavy atom. The van der Waals surface area contributed by atoms with Crippen molar-refractivity contribution >= 4 is 16.6 Å². The van der Waals surface area contributed by atoms with E-state index >= 15 is 0 Å². The van der Waals surface area contributed by atoms with Crippen molar-refractivity contribution in [3.63, 3.8) is 0 Å². The summed E-state index contributed by atoms with van der Waals surface area (Å²) in [6.07, 6.45) is 5.32. The Labute approximate surface area is 170 Å². The molecule has 1 aliphatic heterocycles. The van der Waals surface area contributed by atoms with E-state index in [9.17, 15) is 9.18 Å². The highest BCUT2D eigenvalue weighted by Crippen LogP contribution is 2.41. The van der Waals surface area contributed by atoms with Crippen LogP contribution in [0.15, 0.2) is 53.3 Å². The van der Waals surface area contributed by atoms with E-state index in [0.717, 1.165) is 47.0 Å². The number of aromatic nitrogens is 1. The lowest BCUT2D eigenvalue weighted by molar-refractivity contribution is 0.324. The minimum Gasteiger partial charge on any atom is -0.371 e. The molecule has 1 saturated heterocycles. The van der Waals surface area contributed by atoms with Gasteiger partial charge in [-0.15, -0.1) is 0 Å². The second-order valence-electron chi connectivity index (χ2n) is 8.54. The lowest BCUT2D eigenvalue weighted by atomic mass is 9.88. The molecule has 3 aromatic rings. The smallest absolute Gasteiger partial charge is 0.251 e. The molecule has 3 nitrogen and oxygen atoms in total. The van der Waals surface area contributed by atoms with Crippen LogP contribution in [0, 0.1) is 17.7 Å². The molecule has 1 aromatic heterocycles. The van der Waals surface area contributed by atoms with Crippen LogP contribution in [0.2, 0.25) is 0 Å². The van der Waals surface area contributed by atoms with Gasteiger partial charge in [-0.2, -0.15) is 0 Å². The Morgan fingerprint density at radius 1 is 0.966 bits per heavy atom. The third-order valence-corrected chi connectivity index (χ3v) is 6.96. The molecule has 2 atom stereocenters. The fraction of sp³-hybridized carbons (Fsp3) is 0.400. The fourth-order valence-corrected chi connectivity index (χ4v) is 5.43. The largest absolute Gasteiger partial charge is 0.371 e. The molecule has 4 heteroatoms. The van der Waals surface area contributed by atoms with Crippen LogP contribution in [0.5, 0.6) is 0 Å². The number of benzene rings is 2. The van der Waals surface area contributed by atoms with Crippen molar-refractivity contribution in [1.29, 1.82) is 0 Å². The van der Waals surface area contributed by atoms with E-state index in [1.54, 1.807) is 6.07 Å². The van der Waals surface area contributed by atoms with Gasteiger partial charge < -0.3 is 9.47 Å². The predicted molar refractivity (Wildman–Crippen MR) is 117 cm³/mol. The summed E-state index contributed by atoms with van der Waals surface area (Å²) in [6, 6.07) is 14.6. The van der Waals surface area contributed by atoms with E-state index in [1.807, 2.05) is 29.7 Å². The molecule has 0 unspecified atom stereocenters. The Morgan fingerprint density at radius 3 is 2.55 bits per heavy atom. The zero-order valence-electron chi connectivity index (χ0n) is 16.9. The summed E-state index contributed by atoms with van der Waals surface area (Å²) in [6.45, 7) is 4.80. The molecule has 2 aliphatic rings. The summed E-state index contributed by atoms with van der Waals surface area (Å²) in [5.74, 6) is 1.43. The molecule has 2 heterocycles. The van der Waals surface area contributed by atoms with E-state index in [2.05, 4.69) is 17.0 Å². The molecule has 29 heavy (non-hydrogen) atoms. The molecule has 1 saturated carbocycles. The highest BCUT2D eigenvalue weighted by atomic mass is 19.1. The summed E-state index contributed by atoms with van der Waals surface area (Å²) in [5, 5.41) is 1.13. The van der Waals surface area contributed by atoms with Crippen LogP contribution in [-0.4, -0.2) is 17.7 Å². The molecule has 0 amide bonds. The van der Waals surface area contributed by atoms with Crippen molar-refractivity contribution in [3.8, 4) is 11.1 Å². The number of fused-ring (bicyclic) bond motifs is 2. The van der Waals surface area contributed by atoms with Gasteiger partial charge in [-0.1, -0.05) is 25.0 Å². The Balaban J connectivity index is 1.68. The first-order chi connectivity index (χ1) is 14.1. The van der Waals surface area contributed by atoms with E-state index in [0.29, 0.717) is 6.54 Å². The van der Waals surface area contributed by atoms with Gasteiger partial charge >= 0.3 is 0 Å².